The van der Waals surface area contributed by atoms with E-state index in [-0.39, 0.29) is 6.54 Å². The maximum Gasteiger partial charge on any atom is 0.147 e. The minimum Gasteiger partial charge on any atom is -0.202 e. The molecule has 1 rings (SSSR count). The molecule has 0 N–H and O–H groups in total. The fourth-order valence-corrected chi connectivity index (χ4v) is 0.863. The second-order valence-corrected chi connectivity index (χ2v) is 2.36. The second-order valence-electron chi connectivity index (χ2n) is 2.36. The van der Waals surface area contributed by atoms with E-state index in [1.54, 1.807) is 6.08 Å². The first-order valence-electron chi connectivity index (χ1n) is 4.09. The molecule has 74 valence electrons. The number of benzene rings is 1. The number of hydrogen-bond acceptors (Lipinski definition) is 4. The van der Waals surface area contributed by atoms with Crippen molar-refractivity contribution in [3.63, 3.8) is 0 Å². The molecule has 0 radical (unpaired) electrons. The van der Waals surface area contributed by atoms with Gasteiger partial charge in [-0.3, -0.25) is 0 Å². The van der Waals surface area contributed by atoms with Crippen LogP contribution < -0.4 is 0 Å². The van der Waals surface area contributed by atoms with Gasteiger partial charge in [0.05, 0.1) is 11.8 Å². The summed E-state index contributed by atoms with van der Waals surface area (Å²) in [6.07, 6.45) is 1.74. The van der Waals surface area contributed by atoms with Crippen molar-refractivity contribution >= 4 is 11.8 Å². The lowest BCUT2D eigenvalue weighted by Crippen LogP contribution is -1.71. The molecule has 0 bridgehead atoms. The van der Waals surface area contributed by atoms with E-state index in [9.17, 15) is 0 Å². The van der Waals surface area contributed by atoms with E-state index in [0.29, 0.717) is 0 Å². The van der Waals surface area contributed by atoms with Crippen LogP contribution >= 0.6 is 0 Å². The Labute approximate surface area is 88.8 Å². The molecule has 0 aliphatic heterocycles. The summed E-state index contributed by atoms with van der Waals surface area (Å²) in [5, 5.41) is 22.2. The molecule has 0 saturated carbocycles. The van der Waals surface area contributed by atoms with Crippen molar-refractivity contribution in [3.8, 4) is 12.6 Å². The van der Waals surface area contributed by atoms with E-state index < -0.39 is 0 Å². The van der Waals surface area contributed by atoms with Gasteiger partial charge in [-0.2, -0.15) is 15.5 Å². The molecule has 15 heavy (non-hydrogen) atoms. The van der Waals surface area contributed by atoms with E-state index in [4.69, 9.17) is 10.5 Å². The second kappa shape index (κ2) is 8.15. The highest BCUT2D eigenvalue weighted by molar-refractivity contribution is 5.53. The summed E-state index contributed by atoms with van der Waals surface area (Å²) in [4.78, 5) is 0. The quantitative estimate of drug-likeness (QED) is 0.553. The standard InChI is InChI=1S/C10H9N3.CHN/c1-2-9-4-3-5-10(8-9)13-12-7-6-11;1-2/h2-5,8H,1,7H2;1H. The molecule has 4 nitrogen and oxygen atoms in total. The third kappa shape index (κ3) is 4.97. The van der Waals surface area contributed by atoms with Crippen LogP contribution in [0.15, 0.2) is 41.1 Å². The maximum absolute atomic E-state index is 8.23. The Morgan fingerprint density at radius 3 is 2.80 bits per heavy atom. The van der Waals surface area contributed by atoms with Crippen molar-refractivity contribution in [2.75, 3.05) is 6.54 Å². The van der Waals surface area contributed by atoms with Crippen LogP contribution in [0.3, 0.4) is 0 Å². The van der Waals surface area contributed by atoms with Gasteiger partial charge in [0.2, 0.25) is 0 Å². The fourth-order valence-electron chi connectivity index (χ4n) is 0.863. The van der Waals surface area contributed by atoms with Gasteiger partial charge in [0, 0.05) is 6.57 Å². The third-order valence-corrected chi connectivity index (χ3v) is 1.43. The van der Waals surface area contributed by atoms with Crippen molar-refractivity contribution in [1.29, 1.82) is 10.5 Å². The topological polar surface area (TPSA) is 72.3 Å². The highest BCUT2D eigenvalue weighted by Crippen LogP contribution is 2.14. The van der Waals surface area contributed by atoms with E-state index in [2.05, 4.69) is 23.4 Å². The fraction of sp³-hybridized carbons (Fsp3) is 0.0909. The molecular formula is C11H10N4. The van der Waals surface area contributed by atoms with Crippen LogP contribution in [0, 0.1) is 23.2 Å². The molecule has 0 aliphatic carbocycles. The summed E-state index contributed by atoms with van der Waals surface area (Å²) in [6, 6.07) is 9.37. The van der Waals surface area contributed by atoms with Crippen LogP contribution in [0.2, 0.25) is 0 Å². The van der Waals surface area contributed by atoms with Crippen molar-refractivity contribution in [2.24, 2.45) is 10.2 Å². The predicted molar refractivity (Wildman–Crippen MR) is 58.2 cm³/mol. The van der Waals surface area contributed by atoms with E-state index >= 15 is 0 Å². The number of azo groups is 1. The lowest BCUT2D eigenvalue weighted by molar-refractivity contribution is 1.08. The van der Waals surface area contributed by atoms with Gasteiger partial charge in [-0.05, 0) is 17.7 Å². The van der Waals surface area contributed by atoms with Gasteiger partial charge in [0.1, 0.15) is 6.54 Å². The van der Waals surface area contributed by atoms with Crippen molar-refractivity contribution in [3.05, 3.63) is 36.4 Å². The van der Waals surface area contributed by atoms with Crippen LogP contribution in [-0.4, -0.2) is 6.54 Å². The van der Waals surface area contributed by atoms with Crippen molar-refractivity contribution < 1.29 is 0 Å². The van der Waals surface area contributed by atoms with Gasteiger partial charge in [-0.1, -0.05) is 24.8 Å². The summed E-state index contributed by atoms with van der Waals surface area (Å²) in [5.74, 6) is 0. The first-order valence-corrected chi connectivity index (χ1v) is 4.09. The molecule has 1 aromatic carbocycles. The number of rotatable bonds is 3. The smallest absolute Gasteiger partial charge is 0.147 e. The van der Waals surface area contributed by atoms with Crippen LogP contribution in [-0.2, 0) is 0 Å². The van der Waals surface area contributed by atoms with Gasteiger partial charge in [0.15, 0.2) is 0 Å². The Hall–Kier alpha value is -2.46. The summed E-state index contributed by atoms with van der Waals surface area (Å²) in [6.45, 7) is 7.24. The van der Waals surface area contributed by atoms with Crippen LogP contribution in [0.25, 0.3) is 6.08 Å². The summed E-state index contributed by atoms with van der Waals surface area (Å²) >= 11 is 0. The van der Waals surface area contributed by atoms with E-state index in [1.165, 1.54) is 0 Å². The van der Waals surface area contributed by atoms with Crippen molar-refractivity contribution in [1.82, 2.24) is 0 Å². The summed E-state index contributed by atoms with van der Waals surface area (Å²) in [7, 11) is 0. The Morgan fingerprint density at radius 1 is 1.47 bits per heavy atom. The zero-order valence-corrected chi connectivity index (χ0v) is 8.17. The highest BCUT2D eigenvalue weighted by atomic mass is 15.1. The average molecular weight is 198 g/mol. The Bertz CT molecular complexity index is 399. The molecule has 1 aromatic rings. The molecule has 0 atom stereocenters. The largest absolute Gasteiger partial charge is 0.202 e. The van der Waals surface area contributed by atoms with Crippen LogP contribution in [0.5, 0.6) is 0 Å². The normalized spacial score (nSPS) is 8.60. The molecule has 0 aliphatic rings. The zero-order chi connectivity index (χ0) is 11.5. The summed E-state index contributed by atoms with van der Waals surface area (Å²) in [5.41, 5.74) is 1.74. The maximum atomic E-state index is 8.23. The Kier molecular flexibility index (Phi) is 6.82. The molecular weight excluding hydrogens is 188 g/mol. The van der Waals surface area contributed by atoms with Gasteiger partial charge in [-0.25, -0.2) is 5.26 Å². The van der Waals surface area contributed by atoms with Gasteiger partial charge in [-0.15, -0.1) is 0 Å². The Morgan fingerprint density at radius 2 is 2.20 bits per heavy atom. The summed E-state index contributed by atoms with van der Waals surface area (Å²) < 4.78 is 0. The molecule has 0 unspecified atom stereocenters. The molecule has 0 amide bonds. The molecule has 0 fully saturated rings. The molecule has 0 aromatic heterocycles. The number of hydrogen-bond donors (Lipinski definition) is 0. The first kappa shape index (κ1) is 12.5. The minimum atomic E-state index is 0.0956. The molecule has 0 saturated heterocycles. The third-order valence-electron chi connectivity index (χ3n) is 1.43. The van der Waals surface area contributed by atoms with E-state index in [1.807, 2.05) is 30.3 Å². The van der Waals surface area contributed by atoms with Gasteiger partial charge >= 0.3 is 0 Å². The number of nitriles is 2. The highest BCUT2D eigenvalue weighted by Gasteiger charge is 1.89. The molecule has 0 heterocycles. The lowest BCUT2D eigenvalue weighted by atomic mass is 10.2. The van der Waals surface area contributed by atoms with Crippen molar-refractivity contribution in [2.45, 2.75) is 0 Å². The average Bonchev–Trinajstić information content (AvgIpc) is 2.32. The van der Waals surface area contributed by atoms with Gasteiger partial charge < -0.3 is 0 Å². The molecule has 0 spiro atoms. The predicted octanol–water partition coefficient (Wildman–Crippen LogP) is 3.08. The first-order chi connectivity index (χ1) is 7.36. The minimum absolute atomic E-state index is 0.0956. The lowest BCUT2D eigenvalue weighted by Gasteiger charge is -1.93. The monoisotopic (exact) mass is 198 g/mol. The Balaban J connectivity index is 0.000000921. The van der Waals surface area contributed by atoms with Crippen LogP contribution in [0.1, 0.15) is 5.56 Å². The molecule has 4 heteroatoms. The van der Waals surface area contributed by atoms with Gasteiger partial charge in [0.25, 0.3) is 0 Å². The SMILES string of the molecule is C#N.C=Cc1cccc(N=NCC#N)c1. The number of nitrogens with zero attached hydrogens (tertiary/aromatic N) is 4. The zero-order valence-electron chi connectivity index (χ0n) is 8.17. The van der Waals surface area contributed by atoms with Crippen LogP contribution in [0.4, 0.5) is 5.69 Å². The van der Waals surface area contributed by atoms with E-state index in [0.717, 1.165) is 11.3 Å².